The quantitative estimate of drug-likeness (QED) is 0.884. The third-order valence-electron chi connectivity index (χ3n) is 2.95. The molecule has 0 amide bonds. The van der Waals surface area contributed by atoms with Crippen LogP contribution < -0.4 is 10.5 Å². The van der Waals surface area contributed by atoms with Crippen LogP contribution >= 0.6 is 0 Å². The second-order valence-corrected chi connectivity index (χ2v) is 4.50. The highest BCUT2D eigenvalue weighted by atomic mass is 16.5. The molecule has 4 heteroatoms. The molecule has 0 bridgehead atoms. The van der Waals surface area contributed by atoms with Crippen LogP contribution in [-0.4, -0.2) is 16.2 Å². The predicted molar refractivity (Wildman–Crippen MR) is 73.8 cm³/mol. The van der Waals surface area contributed by atoms with Crippen LogP contribution in [0.5, 0.6) is 5.75 Å². The smallest absolute Gasteiger partial charge is 0.126 e. The van der Waals surface area contributed by atoms with Crippen molar-refractivity contribution in [3.63, 3.8) is 0 Å². The molecule has 0 spiro atoms. The zero-order valence-corrected chi connectivity index (χ0v) is 11.3. The van der Waals surface area contributed by atoms with Crippen molar-refractivity contribution >= 4 is 11.0 Å². The minimum Gasteiger partial charge on any atom is -0.494 e. The van der Waals surface area contributed by atoms with Crippen LogP contribution in [0.4, 0.5) is 0 Å². The summed E-state index contributed by atoms with van der Waals surface area (Å²) >= 11 is 0. The summed E-state index contributed by atoms with van der Waals surface area (Å²) in [7, 11) is 0. The maximum atomic E-state index is 5.96. The molecule has 18 heavy (non-hydrogen) atoms. The highest BCUT2D eigenvalue weighted by Gasteiger charge is 2.13. The summed E-state index contributed by atoms with van der Waals surface area (Å²) < 4.78 is 7.78. The molecule has 4 nitrogen and oxygen atoms in total. The van der Waals surface area contributed by atoms with Gasteiger partial charge in [0.2, 0.25) is 0 Å². The molecule has 0 fully saturated rings. The Morgan fingerprint density at radius 2 is 2.17 bits per heavy atom. The summed E-state index contributed by atoms with van der Waals surface area (Å²) in [6, 6.07) is 5.99. The summed E-state index contributed by atoms with van der Waals surface area (Å²) in [6.45, 7) is 7.78. The van der Waals surface area contributed by atoms with Gasteiger partial charge in [0, 0.05) is 12.6 Å². The van der Waals surface area contributed by atoms with Crippen LogP contribution in [0.3, 0.4) is 0 Å². The summed E-state index contributed by atoms with van der Waals surface area (Å²) in [5, 5.41) is 0. The highest BCUT2D eigenvalue weighted by Crippen LogP contribution is 2.24. The molecule has 98 valence electrons. The second kappa shape index (κ2) is 5.40. The first kappa shape index (κ1) is 12.9. The topological polar surface area (TPSA) is 53.1 Å². The third kappa shape index (κ3) is 2.34. The van der Waals surface area contributed by atoms with E-state index < -0.39 is 0 Å². The number of aryl methyl sites for hydroxylation is 1. The molecule has 1 aromatic carbocycles. The van der Waals surface area contributed by atoms with Gasteiger partial charge in [-0.3, -0.25) is 0 Å². The number of aromatic nitrogens is 2. The van der Waals surface area contributed by atoms with E-state index in [-0.39, 0.29) is 6.04 Å². The molecular weight excluding hydrogens is 226 g/mol. The summed E-state index contributed by atoms with van der Waals surface area (Å²) in [5.41, 5.74) is 8.03. The monoisotopic (exact) mass is 247 g/mol. The predicted octanol–water partition coefficient (Wildman–Crippen LogP) is 2.86. The van der Waals surface area contributed by atoms with E-state index in [1.165, 1.54) is 0 Å². The number of ether oxygens (including phenoxy) is 1. The number of hydrogen-bond acceptors (Lipinski definition) is 3. The average molecular weight is 247 g/mol. The summed E-state index contributed by atoms with van der Waals surface area (Å²) in [4.78, 5) is 4.61. The van der Waals surface area contributed by atoms with Crippen LogP contribution in [0, 0.1) is 0 Å². The van der Waals surface area contributed by atoms with E-state index in [1.54, 1.807) is 0 Å². The van der Waals surface area contributed by atoms with Crippen molar-refractivity contribution in [2.45, 2.75) is 39.8 Å². The van der Waals surface area contributed by atoms with Gasteiger partial charge in [0.1, 0.15) is 11.6 Å². The maximum absolute atomic E-state index is 5.96. The normalized spacial score (nSPS) is 12.9. The van der Waals surface area contributed by atoms with Gasteiger partial charge in [0.15, 0.2) is 0 Å². The van der Waals surface area contributed by atoms with Crippen molar-refractivity contribution in [3.05, 3.63) is 24.0 Å². The maximum Gasteiger partial charge on any atom is 0.126 e. The highest BCUT2D eigenvalue weighted by molar-refractivity contribution is 5.78. The van der Waals surface area contributed by atoms with Crippen molar-refractivity contribution in [1.82, 2.24) is 9.55 Å². The molecule has 1 heterocycles. The SMILES string of the molecule is CCCOc1ccc2c(c1)nc(C(C)N)n2CC. The molecule has 1 aromatic heterocycles. The molecule has 0 radical (unpaired) electrons. The van der Waals surface area contributed by atoms with Crippen LogP contribution in [0.1, 0.15) is 39.1 Å². The Morgan fingerprint density at radius 3 is 2.78 bits per heavy atom. The van der Waals surface area contributed by atoms with Gasteiger partial charge in [0.25, 0.3) is 0 Å². The molecule has 0 aliphatic carbocycles. The van der Waals surface area contributed by atoms with Crippen molar-refractivity contribution in [2.24, 2.45) is 5.73 Å². The Morgan fingerprint density at radius 1 is 1.39 bits per heavy atom. The van der Waals surface area contributed by atoms with Gasteiger partial charge in [-0.05, 0) is 32.4 Å². The second-order valence-electron chi connectivity index (χ2n) is 4.50. The lowest BCUT2D eigenvalue weighted by molar-refractivity contribution is 0.318. The molecule has 2 N–H and O–H groups in total. The van der Waals surface area contributed by atoms with Crippen LogP contribution in [0.15, 0.2) is 18.2 Å². The first-order valence-electron chi connectivity index (χ1n) is 6.56. The standard InChI is InChI=1S/C14H21N3O/c1-4-8-18-11-6-7-13-12(9-11)16-14(10(3)15)17(13)5-2/h6-7,9-10H,4-5,8,15H2,1-3H3. The first-order chi connectivity index (χ1) is 8.67. The Kier molecular flexibility index (Phi) is 3.87. The number of hydrogen-bond donors (Lipinski definition) is 1. The average Bonchev–Trinajstić information content (AvgIpc) is 2.74. The van der Waals surface area contributed by atoms with Crippen molar-refractivity contribution in [1.29, 1.82) is 0 Å². The van der Waals surface area contributed by atoms with Gasteiger partial charge in [0.05, 0.1) is 23.7 Å². The van der Waals surface area contributed by atoms with Crippen LogP contribution in [0.2, 0.25) is 0 Å². The fourth-order valence-corrected chi connectivity index (χ4v) is 2.12. The molecule has 2 rings (SSSR count). The van der Waals surface area contributed by atoms with Crippen LogP contribution in [0.25, 0.3) is 11.0 Å². The van der Waals surface area contributed by atoms with E-state index in [4.69, 9.17) is 10.5 Å². The lowest BCUT2D eigenvalue weighted by Crippen LogP contribution is -2.12. The largest absolute Gasteiger partial charge is 0.494 e. The van der Waals surface area contributed by atoms with E-state index in [0.717, 1.165) is 42.2 Å². The number of nitrogens with zero attached hydrogens (tertiary/aromatic N) is 2. The molecule has 0 aliphatic heterocycles. The molecular formula is C14H21N3O. The molecule has 2 aromatic rings. The van der Waals surface area contributed by atoms with Gasteiger partial charge in [-0.1, -0.05) is 6.92 Å². The third-order valence-corrected chi connectivity index (χ3v) is 2.95. The van der Waals surface area contributed by atoms with Gasteiger partial charge in [-0.15, -0.1) is 0 Å². The van der Waals surface area contributed by atoms with E-state index in [2.05, 4.69) is 29.5 Å². The Hall–Kier alpha value is -1.55. The van der Waals surface area contributed by atoms with Crippen molar-refractivity contribution < 1.29 is 4.74 Å². The number of benzene rings is 1. The minimum atomic E-state index is -0.0580. The molecule has 0 saturated carbocycles. The van der Waals surface area contributed by atoms with Gasteiger partial charge >= 0.3 is 0 Å². The lowest BCUT2D eigenvalue weighted by Gasteiger charge is -2.08. The number of rotatable bonds is 5. The van der Waals surface area contributed by atoms with Crippen molar-refractivity contribution in [2.75, 3.05) is 6.61 Å². The fraction of sp³-hybridized carbons (Fsp3) is 0.500. The number of fused-ring (bicyclic) bond motifs is 1. The number of imidazole rings is 1. The van der Waals surface area contributed by atoms with E-state index in [1.807, 2.05) is 19.1 Å². The molecule has 1 unspecified atom stereocenters. The Balaban J connectivity index is 2.44. The molecule has 0 saturated heterocycles. The van der Waals surface area contributed by atoms with Crippen molar-refractivity contribution in [3.8, 4) is 5.75 Å². The van der Waals surface area contributed by atoms with Gasteiger partial charge in [-0.2, -0.15) is 0 Å². The van der Waals surface area contributed by atoms with Gasteiger partial charge in [-0.25, -0.2) is 4.98 Å². The Labute approximate surface area is 108 Å². The molecule has 1 atom stereocenters. The van der Waals surface area contributed by atoms with E-state index >= 15 is 0 Å². The van der Waals surface area contributed by atoms with E-state index in [9.17, 15) is 0 Å². The van der Waals surface area contributed by atoms with E-state index in [0.29, 0.717) is 0 Å². The zero-order chi connectivity index (χ0) is 13.1. The minimum absolute atomic E-state index is 0.0580. The summed E-state index contributed by atoms with van der Waals surface area (Å²) in [5.74, 6) is 1.81. The molecule has 0 aliphatic rings. The number of nitrogens with two attached hydrogens (primary N) is 1. The van der Waals surface area contributed by atoms with Crippen LogP contribution in [-0.2, 0) is 6.54 Å². The summed E-state index contributed by atoms with van der Waals surface area (Å²) in [6.07, 6.45) is 1.01. The first-order valence-corrected chi connectivity index (χ1v) is 6.56. The fourth-order valence-electron chi connectivity index (χ4n) is 2.12. The zero-order valence-electron chi connectivity index (χ0n) is 11.3. The van der Waals surface area contributed by atoms with Gasteiger partial charge < -0.3 is 15.0 Å². The Bertz CT molecular complexity index is 531. The lowest BCUT2D eigenvalue weighted by atomic mass is 10.3.